The highest BCUT2D eigenvalue weighted by atomic mass is 79.9. The molecule has 0 aromatic heterocycles. The number of ether oxygens (including phenoxy) is 1. The Kier molecular flexibility index (Phi) is 5.65. The molecular formula is C17H21BrN2O. The monoisotopic (exact) mass is 348 g/mol. The molecule has 0 aliphatic carbocycles. The van der Waals surface area contributed by atoms with Crippen LogP contribution in [0.5, 0.6) is 5.75 Å². The Morgan fingerprint density at radius 3 is 2.67 bits per heavy atom. The van der Waals surface area contributed by atoms with E-state index in [-0.39, 0.29) is 6.04 Å². The zero-order chi connectivity index (χ0) is 15.2. The van der Waals surface area contributed by atoms with Crippen LogP contribution in [0.1, 0.15) is 18.0 Å². The lowest BCUT2D eigenvalue weighted by atomic mass is 10.0. The van der Waals surface area contributed by atoms with E-state index in [4.69, 9.17) is 10.5 Å². The van der Waals surface area contributed by atoms with Crippen LogP contribution in [-0.4, -0.2) is 20.7 Å². The van der Waals surface area contributed by atoms with Crippen molar-refractivity contribution in [2.24, 2.45) is 5.73 Å². The number of para-hydroxylation sites is 2. The van der Waals surface area contributed by atoms with Crippen molar-refractivity contribution in [2.75, 3.05) is 25.6 Å². The molecule has 2 N–H and O–H groups in total. The zero-order valence-electron chi connectivity index (χ0n) is 12.4. The summed E-state index contributed by atoms with van der Waals surface area (Å²) in [5.74, 6) is 0.885. The molecule has 2 aromatic carbocycles. The molecule has 0 amide bonds. The molecule has 0 spiro atoms. The van der Waals surface area contributed by atoms with Crippen LogP contribution in [0.4, 0.5) is 5.69 Å². The average Bonchev–Trinajstić information content (AvgIpc) is 2.52. The van der Waals surface area contributed by atoms with E-state index in [1.165, 1.54) is 0 Å². The van der Waals surface area contributed by atoms with Crippen LogP contribution < -0.4 is 15.4 Å². The predicted octanol–water partition coefficient (Wildman–Crippen LogP) is 3.98. The minimum atomic E-state index is 0.0275. The summed E-state index contributed by atoms with van der Waals surface area (Å²) in [6.45, 7) is 0.869. The second-order valence-electron chi connectivity index (χ2n) is 5.04. The van der Waals surface area contributed by atoms with Gasteiger partial charge >= 0.3 is 0 Å². The number of halogens is 1. The highest BCUT2D eigenvalue weighted by Crippen LogP contribution is 2.27. The van der Waals surface area contributed by atoms with Crippen molar-refractivity contribution in [1.29, 1.82) is 0 Å². The highest BCUT2D eigenvalue weighted by molar-refractivity contribution is 9.10. The van der Waals surface area contributed by atoms with Gasteiger partial charge in [-0.25, -0.2) is 0 Å². The maximum atomic E-state index is 6.28. The van der Waals surface area contributed by atoms with Gasteiger partial charge in [0.05, 0.1) is 12.8 Å². The maximum absolute atomic E-state index is 6.28. The molecule has 112 valence electrons. The number of hydrogen-bond donors (Lipinski definition) is 1. The van der Waals surface area contributed by atoms with Crippen molar-refractivity contribution in [3.05, 3.63) is 58.6 Å². The molecule has 1 unspecified atom stereocenters. The van der Waals surface area contributed by atoms with Crippen LogP contribution in [0.3, 0.4) is 0 Å². The Labute approximate surface area is 134 Å². The van der Waals surface area contributed by atoms with E-state index in [9.17, 15) is 0 Å². The summed E-state index contributed by atoms with van der Waals surface area (Å²) < 4.78 is 6.46. The van der Waals surface area contributed by atoms with Crippen molar-refractivity contribution in [3.8, 4) is 5.75 Å². The molecule has 0 radical (unpaired) electrons. The van der Waals surface area contributed by atoms with Gasteiger partial charge in [0.1, 0.15) is 5.75 Å². The lowest BCUT2D eigenvalue weighted by molar-refractivity contribution is 0.414. The topological polar surface area (TPSA) is 38.5 Å². The van der Waals surface area contributed by atoms with E-state index in [2.05, 4.69) is 46.1 Å². The molecule has 0 bridgehead atoms. The molecule has 21 heavy (non-hydrogen) atoms. The van der Waals surface area contributed by atoms with E-state index < -0.39 is 0 Å². The Balaban J connectivity index is 1.99. The van der Waals surface area contributed by atoms with Gasteiger partial charge in [0.25, 0.3) is 0 Å². The van der Waals surface area contributed by atoms with E-state index >= 15 is 0 Å². The van der Waals surface area contributed by atoms with Gasteiger partial charge in [-0.3, -0.25) is 0 Å². The first-order valence-electron chi connectivity index (χ1n) is 6.97. The van der Waals surface area contributed by atoms with Gasteiger partial charge in [-0.15, -0.1) is 0 Å². The first-order chi connectivity index (χ1) is 10.1. The number of rotatable bonds is 6. The van der Waals surface area contributed by atoms with E-state index in [1.54, 1.807) is 7.11 Å². The molecule has 2 rings (SSSR count). The van der Waals surface area contributed by atoms with Crippen molar-refractivity contribution in [2.45, 2.75) is 12.5 Å². The van der Waals surface area contributed by atoms with Gasteiger partial charge < -0.3 is 15.4 Å². The molecule has 0 aliphatic heterocycles. The predicted molar refractivity (Wildman–Crippen MR) is 92.0 cm³/mol. The third kappa shape index (κ3) is 4.22. The van der Waals surface area contributed by atoms with Gasteiger partial charge in [0.2, 0.25) is 0 Å². The average molecular weight is 349 g/mol. The summed E-state index contributed by atoms with van der Waals surface area (Å²) in [5, 5.41) is 0. The van der Waals surface area contributed by atoms with E-state index in [0.29, 0.717) is 0 Å². The first-order valence-corrected chi connectivity index (χ1v) is 7.76. The largest absolute Gasteiger partial charge is 0.495 e. The molecule has 1 atom stereocenters. The van der Waals surface area contributed by atoms with Gasteiger partial charge in [0.15, 0.2) is 0 Å². The van der Waals surface area contributed by atoms with Gasteiger partial charge in [-0.1, -0.05) is 40.2 Å². The normalized spacial score (nSPS) is 12.0. The second kappa shape index (κ2) is 7.48. The number of benzene rings is 2. The van der Waals surface area contributed by atoms with Crippen LogP contribution in [0.2, 0.25) is 0 Å². The van der Waals surface area contributed by atoms with Crippen LogP contribution in [0.15, 0.2) is 53.0 Å². The summed E-state index contributed by atoms with van der Waals surface area (Å²) in [7, 11) is 3.76. The van der Waals surface area contributed by atoms with Gasteiger partial charge in [0, 0.05) is 24.1 Å². The first kappa shape index (κ1) is 15.9. The summed E-state index contributed by atoms with van der Waals surface area (Å²) in [6.07, 6.45) is 0.880. The molecular weight excluding hydrogens is 328 g/mol. The van der Waals surface area contributed by atoms with Crippen LogP contribution in [0.25, 0.3) is 0 Å². The minimum absolute atomic E-state index is 0.0275. The van der Waals surface area contributed by atoms with Crippen LogP contribution >= 0.6 is 15.9 Å². The molecule has 2 aromatic rings. The lowest BCUT2D eigenvalue weighted by Crippen LogP contribution is -2.23. The highest BCUT2D eigenvalue weighted by Gasteiger charge is 2.11. The van der Waals surface area contributed by atoms with Gasteiger partial charge in [-0.05, 0) is 36.2 Å². The number of nitrogens with two attached hydrogens (primary N) is 1. The number of methoxy groups -OCH3 is 1. The fraction of sp³-hybridized carbons (Fsp3) is 0.294. The molecule has 0 saturated carbocycles. The van der Waals surface area contributed by atoms with E-state index in [1.807, 2.05) is 30.3 Å². The third-order valence-electron chi connectivity index (χ3n) is 3.55. The Morgan fingerprint density at radius 2 is 1.95 bits per heavy atom. The molecule has 0 aliphatic rings. The Morgan fingerprint density at radius 1 is 1.19 bits per heavy atom. The standard InChI is InChI=1S/C17H21BrN2O/c1-20(16-8-3-4-9-17(16)21-2)11-10-15(19)13-6-5-7-14(18)12-13/h3-9,12,15H,10-11,19H2,1-2H3. The quantitative estimate of drug-likeness (QED) is 0.857. The summed E-state index contributed by atoms with van der Waals surface area (Å²) in [5.41, 5.74) is 8.52. The molecule has 3 nitrogen and oxygen atoms in total. The Hall–Kier alpha value is -1.52. The molecule has 4 heteroatoms. The zero-order valence-corrected chi connectivity index (χ0v) is 14.0. The molecule has 0 heterocycles. The van der Waals surface area contributed by atoms with Crippen molar-refractivity contribution in [1.82, 2.24) is 0 Å². The fourth-order valence-electron chi connectivity index (χ4n) is 2.30. The van der Waals surface area contributed by atoms with Gasteiger partial charge in [-0.2, -0.15) is 0 Å². The third-order valence-corrected chi connectivity index (χ3v) is 4.04. The SMILES string of the molecule is COc1ccccc1N(C)CCC(N)c1cccc(Br)c1. The van der Waals surface area contributed by atoms with Crippen LogP contribution in [0, 0.1) is 0 Å². The lowest BCUT2D eigenvalue weighted by Gasteiger charge is -2.23. The van der Waals surface area contributed by atoms with Crippen molar-refractivity contribution >= 4 is 21.6 Å². The summed E-state index contributed by atoms with van der Waals surface area (Å²) >= 11 is 3.48. The fourth-order valence-corrected chi connectivity index (χ4v) is 2.72. The molecule has 0 fully saturated rings. The second-order valence-corrected chi connectivity index (χ2v) is 5.96. The Bertz CT molecular complexity index is 589. The maximum Gasteiger partial charge on any atom is 0.142 e. The van der Waals surface area contributed by atoms with Crippen molar-refractivity contribution < 1.29 is 4.74 Å². The number of anilines is 1. The smallest absolute Gasteiger partial charge is 0.142 e. The van der Waals surface area contributed by atoms with Crippen LogP contribution in [-0.2, 0) is 0 Å². The van der Waals surface area contributed by atoms with Crippen molar-refractivity contribution in [3.63, 3.8) is 0 Å². The molecule has 0 saturated heterocycles. The summed E-state index contributed by atoms with van der Waals surface area (Å²) in [4.78, 5) is 2.18. The van der Waals surface area contributed by atoms with E-state index in [0.717, 1.165) is 34.4 Å². The number of hydrogen-bond acceptors (Lipinski definition) is 3. The summed E-state index contributed by atoms with van der Waals surface area (Å²) in [6, 6.07) is 16.2. The number of nitrogens with zero attached hydrogens (tertiary/aromatic N) is 1. The minimum Gasteiger partial charge on any atom is -0.495 e.